The lowest BCUT2D eigenvalue weighted by Gasteiger charge is -2.30. The fourth-order valence-corrected chi connectivity index (χ4v) is 5.12. The number of alkyl halides is 3. The van der Waals surface area contributed by atoms with E-state index in [0.717, 1.165) is 24.5 Å². The van der Waals surface area contributed by atoms with Crippen molar-refractivity contribution in [2.45, 2.75) is 62.7 Å². The smallest absolute Gasteiger partial charge is 0.382 e. The Hall–Kier alpha value is -3.66. The summed E-state index contributed by atoms with van der Waals surface area (Å²) in [5, 5.41) is 11.3. The molecule has 0 atom stereocenters. The van der Waals surface area contributed by atoms with Gasteiger partial charge < -0.3 is 15.2 Å². The van der Waals surface area contributed by atoms with Crippen LogP contribution in [-0.4, -0.2) is 33.1 Å². The van der Waals surface area contributed by atoms with E-state index in [1.807, 2.05) is 0 Å². The maximum absolute atomic E-state index is 13.4. The molecule has 2 saturated carbocycles. The summed E-state index contributed by atoms with van der Waals surface area (Å²) in [6.45, 7) is 0. The van der Waals surface area contributed by atoms with Gasteiger partial charge in [0.15, 0.2) is 0 Å². The van der Waals surface area contributed by atoms with Crippen LogP contribution in [0, 0.1) is 0 Å². The highest BCUT2D eigenvalue weighted by molar-refractivity contribution is 6.31. The zero-order valence-electron chi connectivity index (χ0n) is 20.8. The Morgan fingerprint density at radius 1 is 0.923 bits per heavy atom. The number of hydrogen-bond acceptors (Lipinski definition) is 6. The van der Waals surface area contributed by atoms with Gasteiger partial charge in [0.1, 0.15) is 5.69 Å². The summed E-state index contributed by atoms with van der Waals surface area (Å²) in [5.74, 6) is 1.38. The maximum Gasteiger partial charge on any atom is 0.433 e. The van der Waals surface area contributed by atoms with Gasteiger partial charge in [-0.3, -0.25) is 4.79 Å². The summed E-state index contributed by atoms with van der Waals surface area (Å²) in [5.41, 5.74) is 0.950. The van der Waals surface area contributed by atoms with Crippen LogP contribution < -0.4 is 10.6 Å². The number of pyridine rings is 1. The number of rotatable bonds is 6. The molecule has 0 spiro atoms. The molecule has 0 saturated heterocycles. The number of fused-ring (bicyclic) bond motifs is 1. The minimum absolute atomic E-state index is 0.0251. The SMILES string of the molecule is O=C(NC1CCC(Nc2cc(C(F)(F)F)nc3ccc(Cl)cc23)CC1)c1ccc(-c2noc(C3CC3)n2)cc1. The Balaban J connectivity index is 1.07. The molecule has 2 aliphatic carbocycles. The molecule has 2 heterocycles. The minimum atomic E-state index is -4.56. The molecule has 4 aromatic rings. The van der Waals surface area contributed by atoms with Crippen LogP contribution in [0.25, 0.3) is 22.3 Å². The van der Waals surface area contributed by atoms with Crippen molar-refractivity contribution in [2.24, 2.45) is 0 Å². The van der Waals surface area contributed by atoms with Gasteiger partial charge in [-0.1, -0.05) is 28.9 Å². The average Bonchev–Trinajstić information content (AvgIpc) is 3.65. The van der Waals surface area contributed by atoms with Crippen LogP contribution in [0.4, 0.5) is 18.9 Å². The number of halogens is 4. The van der Waals surface area contributed by atoms with Crippen LogP contribution in [0.3, 0.4) is 0 Å². The molecule has 2 aromatic carbocycles. The molecular weight excluding hydrogens is 531 g/mol. The van der Waals surface area contributed by atoms with Crippen LogP contribution in [0.2, 0.25) is 5.02 Å². The molecular formula is C28H25ClF3N5O2. The van der Waals surface area contributed by atoms with Gasteiger partial charge in [0.2, 0.25) is 11.7 Å². The molecule has 202 valence electrons. The topological polar surface area (TPSA) is 92.9 Å². The summed E-state index contributed by atoms with van der Waals surface area (Å²) in [6.07, 6.45) is 0.373. The van der Waals surface area contributed by atoms with Crippen molar-refractivity contribution in [3.63, 3.8) is 0 Å². The van der Waals surface area contributed by atoms with Crippen LogP contribution in [0.5, 0.6) is 0 Å². The minimum Gasteiger partial charge on any atom is -0.382 e. The predicted octanol–water partition coefficient (Wildman–Crippen LogP) is 6.99. The van der Waals surface area contributed by atoms with Gasteiger partial charge in [-0.25, -0.2) is 4.98 Å². The summed E-state index contributed by atoms with van der Waals surface area (Å²) in [7, 11) is 0. The van der Waals surface area contributed by atoms with Crippen molar-refractivity contribution in [1.82, 2.24) is 20.4 Å². The van der Waals surface area contributed by atoms with Gasteiger partial charge >= 0.3 is 6.18 Å². The number of nitrogens with zero attached hydrogens (tertiary/aromatic N) is 3. The predicted molar refractivity (Wildman–Crippen MR) is 141 cm³/mol. The van der Waals surface area contributed by atoms with E-state index in [4.69, 9.17) is 16.1 Å². The third kappa shape index (κ3) is 5.71. The van der Waals surface area contributed by atoms with Crippen LogP contribution in [0.15, 0.2) is 53.1 Å². The number of hydrogen-bond donors (Lipinski definition) is 2. The molecule has 2 N–H and O–H groups in total. The van der Waals surface area contributed by atoms with E-state index in [1.54, 1.807) is 30.3 Å². The molecule has 7 nitrogen and oxygen atoms in total. The van der Waals surface area contributed by atoms with E-state index in [-0.39, 0.29) is 23.5 Å². The summed E-state index contributed by atoms with van der Waals surface area (Å²) in [4.78, 5) is 21.0. The van der Waals surface area contributed by atoms with E-state index < -0.39 is 11.9 Å². The quantitative estimate of drug-likeness (QED) is 0.266. The van der Waals surface area contributed by atoms with Crippen LogP contribution in [0.1, 0.15) is 66.4 Å². The molecule has 0 aliphatic heterocycles. The largest absolute Gasteiger partial charge is 0.433 e. The molecule has 0 radical (unpaired) electrons. The standard InChI is InChI=1S/C28H25ClF3N5O2/c29-18-7-12-22-21(13-18)23(14-24(35-22)28(30,31)32)33-19-8-10-20(11-9-19)34-26(38)16-3-1-15(2-4-16)25-36-27(39-37-25)17-5-6-17/h1-4,7,12-14,17,19-20H,5-6,8-11H2,(H,33,35)(H,34,38). The maximum atomic E-state index is 13.4. The normalized spacial score (nSPS) is 19.7. The fraction of sp³-hybridized carbons (Fsp3) is 0.357. The first-order chi connectivity index (χ1) is 18.7. The lowest BCUT2D eigenvalue weighted by molar-refractivity contribution is -0.140. The Bertz CT molecular complexity index is 1510. The Labute approximate surface area is 227 Å². The van der Waals surface area contributed by atoms with Crippen molar-refractivity contribution in [2.75, 3.05) is 5.32 Å². The van der Waals surface area contributed by atoms with Crippen molar-refractivity contribution < 1.29 is 22.5 Å². The van der Waals surface area contributed by atoms with Gasteiger partial charge in [0.05, 0.1) is 5.52 Å². The number of carbonyl (C=O) groups is 1. The van der Waals surface area contributed by atoms with Crippen molar-refractivity contribution in [3.05, 3.63) is 70.7 Å². The average molecular weight is 556 g/mol. The van der Waals surface area contributed by atoms with E-state index in [9.17, 15) is 18.0 Å². The Kier molecular flexibility index (Phi) is 6.66. The van der Waals surface area contributed by atoms with Gasteiger partial charge in [0, 0.05) is 45.2 Å². The summed E-state index contributed by atoms with van der Waals surface area (Å²) in [6, 6.07) is 12.7. The zero-order chi connectivity index (χ0) is 27.1. The second-order valence-corrected chi connectivity index (χ2v) is 10.6. The van der Waals surface area contributed by atoms with Crippen molar-refractivity contribution in [1.29, 1.82) is 0 Å². The third-order valence-corrected chi connectivity index (χ3v) is 7.49. The van der Waals surface area contributed by atoms with E-state index >= 15 is 0 Å². The summed E-state index contributed by atoms with van der Waals surface area (Å²) < 4.78 is 45.6. The molecule has 0 unspecified atom stereocenters. The van der Waals surface area contributed by atoms with Gasteiger partial charge in [-0.05, 0) is 74.9 Å². The molecule has 1 amide bonds. The highest BCUT2D eigenvalue weighted by Crippen LogP contribution is 2.39. The van der Waals surface area contributed by atoms with Crippen molar-refractivity contribution in [3.8, 4) is 11.4 Å². The van der Waals surface area contributed by atoms with Gasteiger partial charge in [-0.2, -0.15) is 18.2 Å². The molecule has 2 aromatic heterocycles. The fourth-order valence-electron chi connectivity index (χ4n) is 4.95. The molecule has 6 rings (SSSR count). The number of amides is 1. The Morgan fingerprint density at radius 3 is 2.33 bits per heavy atom. The number of carbonyl (C=O) groups excluding carboxylic acids is 1. The second-order valence-electron chi connectivity index (χ2n) is 10.2. The zero-order valence-corrected chi connectivity index (χ0v) is 21.5. The Morgan fingerprint density at radius 2 is 1.64 bits per heavy atom. The monoisotopic (exact) mass is 555 g/mol. The lowest BCUT2D eigenvalue weighted by atomic mass is 9.90. The van der Waals surface area contributed by atoms with Gasteiger partial charge in [0.25, 0.3) is 5.91 Å². The number of benzene rings is 2. The van der Waals surface area contributed by atoms with E-state index in [2.05, 4.69) is 25.8 Å². The first kappa shape index (κ1) is 25.6. The molecule has 11 heteroatoms. The first-order valence-electron chi connectivity index (χ1n) is 12.9. The van der Waals surface area contributed by atoms with Crippen molar-refractivity contribution >= 4 is 34.1 Å². The third-order valence-electron chi connectivity index (χ3n) is 7.26. The number of anilines is 1. The van der Waals surface area contributed by atoms with E-state index in [1.165, 1.54) is 12.1 Å². The lowest BCUT2D eigenvalue weighted by Crippen LogP contribution is -2.40. The molecule has 39 heavy (non-hydrogen) atoms. The number of aromatic nitrogens is 3. The van der Waals surface area contributed by atoms with E-state index in [0.29, 0.717) is 65.0 Å². The first-order valence-corrected chi connectivity index (χ1v) is 13.3. The van der Waals surface area contributed by atoms with Crippen LogP contribution >= 0.6 is 11.6 Å². The number of nitrogens with one attached hydrogen (secondary N) is 2. The molecule has 0 bridgehead atoms. The van der Waals surface area contributed by atoms with Crippen LogP contribution in [-0.2, 0) is 6.18 Å². The van der Waals surface area contributed by atoms with Gasteiger partial charge in [-0.15, -0.1) is 0 Å². The second kappa shape index (κ2) is 10.1. The highest BCUT2D eigenvalue weighted by Gasteiger charge is 2.34. The molecule has 2 fully saturated rings. The molecule has 2 aliphatic rings. The summed E-state index contributed by atoms with van der Waals surface area (Å²) >= 11 is 6.11. The highest BCUT2D eigenvalue weighted by atomic mass is 35.5.